The zero-order chi connectivity index (χ0) is 21.7. The number of thioether (sulfide) groups is 1. The fourth-order valence-electron chi connectivity index (χ4n) is 3.01. The number of rotatable bonds is 8. The molecule has 1 aliphatic rings. The summed E-state index contributed by atoms with van der Waals surface area (Å²) in [4.78, 5) is 30.6. The number of hydrogen-bond acceptors (Lipinski definition) is 7. The van der Waals surface area contributed by atoms with Crippen LogP contribution in [0.25, 0.3) is 0 Å². The number of primary amides is 1. The van der Waals surface area contributed by atoms with Gasteiger partial charge in [0.15, 0.2) is 4.34 Å². The van der Waals surface area contributed by atoms with Gasteiger partial charge in [0.05, 0.1) is 28.5 Å². The number of morpholine rings is 1. The maximum atomic E-state index is 12.2. The Morgan fingerprint density at radius 1 is 1.40 bits per heavy atom. The third kappa shape index (κ3) is 6.57. The summed E-state index contributed by atoms with van der Waals surface area (Å²) in [5.74, 6) is -0.455. The molecule has 0 unspecified atom stereocenters. The van der Waals surface area contributed by atoms with Crippen molar-refractivity contribution < 1.29 is 14.3 Å². The van der Waals surface area contributed by atoms with Crippen LogP contribution in [0.4, 0.5) is 0 Å². The van der Waals surface area contributed by atoms with E-state index < -0.39 is 5.91 Å². The fourth-order valence-corrected chi connectivity index (χ4v) is 5.27. The van der Waals surface area contributed by atoms with Crippen molar-refractivity contribution in [2.75, 3.05) is 32.0 Å². The van der Waals surface area contributed by atoms with Gasteiger partial charge in [-0.05, 0) is 24.6 Å². The molecule has 11 heteroatoms. The molecule has 2 aromatic rings. The molecule has 1 aromatic heterocycles. The second-order valence-corrected chi connectivity index (χ2v) is 10.1. The molecule has 0 saturated carbocycles. The molecule has 7 nitrogen and oxygen atoms in total. The average molecular weight is 489 g/mol. The van der Waals surface area contributed by atoms with Crippen molar-refractivity contribution in [1.29, 1.82) is 0 Å². The largest absolute Gasteiger partial charge is 0.374 e. The number of aromatic nitrogens is 1. The van der Waals surface area contributed by atoms with Crippen LogP contribution in [0.3, 0.4) is 0 Å². The summed E-state index contributed by atoms with van der Waals surface area (Å²) < 4.78 is 6.43. The Labute approximate surface area is 193 Å². The average Bonchev–Trinajstić information content (AvgIpc) is 3.09. The first-order valence-electron chi connectivity index (χ1n) is 9.26. The number of ether oxygens (including phenoxy) is 1. The van der Waals surface area contributed by atoms with Gasteiger partial charge >= 0.3 is 0 Å². The van der Waals surface area contributed by atoms with E-state index in [4.69, 9.17) is 33.7 Å². The van der Waals surface area contributed by atoms with Gasteiger partial charge in [-0.25, -0.2) is 4.98 Å². The van der Waals surface area contributed by atoms with E-state index in [1.54, 1.807) is 13.0 Å². The standard InChI is InChI=1S/C19H22Cl2N4O3S2/c1-11-17(18(22)27)24-19(30-11)29-10-16(26)23-7-13-9-25(4-5-28-13)8-12-2-3-14(20)15(21)6-12/h2-3,6,13H,4-5,7-10H2,1H3,(H2,22,27)(H,23,26)/t13-/m0/s1. The molecule has 1 atom stereocenters. The van der Waals surface area contributed by atoms with E-state index in [2.05, 4.69) is 15.2 Å². The second kappa shape index (κ2) is 10.8. The number of aryl methyl sites for hydroxylation is 1. The molecule has 2 amide bonds. The Balaban J connectivity index is 1.42. The highest BCUT2D eigenvalue weighted by Gasteiger charge is 2.21. The molecule has 0 bridgehead atoms. The number of hydrogen-bond donors (Lipinski definition) is 2. The molecule has 1 fully saturated rings. The van der Waals surface area contributed by atoms with Gasteiger partial charge in [0.2, 0.25) is 5.91 Å². The smallest absolute Gasteiger partial charge is 0.268 e. The minimum Gasteiger partial charge on any atom is -0.374 e. The third-order valence-electron chi connectivity index (χ3n) is 4.48. The van der Waals surface area contributed by atoms with Crippen LogP contribution in [-0.2, 0) is 16.1 Å². The minimum atomic E-state index is -0.556. The number of nitrogens with zero attached hydrogens (tertiary/aromatic N) is 2. The van der Waals surface area contributed by atoms with E-state index >= 15 is 0 Å². The zero-order valence-electron chi connectivity index (χ0n) is 16.3. The lowest BCUT2D eigenvalue weighted by Crippen LogP contribution is -2.47. The van der Waals surface area contributed by atoms with Crippen molar-refractivity contribution in [2.45, 2.75) is 23.9 Å². The van der Waals surface area contributed by atoms with Crippen molar-refractivity contribution in [3.8, 4) is 0 Å². The first-order chi connectivity index (χ1) is 14.3. The molecule has 1 saturated heterocycles. The topological polar surface area (TPSA) is 97.6 Å². The highest BCUT2D eigenvalue weighted by Crippen LogP contribution is 2.26. The van der Waals surface area contributed by atoms with Crippen LogP contribution in [0.2, 0.25) is 10.0 Å². The Morgan fingerprint density at radius 3 is 2.90 bits per heavy atom. The van der Waals surface area contributed by atoms with Crippen molar-refractivity contribution in [2.24, 2.45) is 5.73 Å². The van der Waals surface area contributed by atoms with Gasteiger partial charge in [-0.15, -0.1) is 11.3 Å². The summed E-state index contributed by atoms with van der Waals surface area (Å²) in [5, 5.41) is 3.99. The minimum absolute atomic E-state index is 0.0842. The van der Waals surface area contributed by atoms with Crippen molar-refractivity contribution >= 4 is 58.1 Å². The number of amides is 2. The van der Waals surface area contributed by atoms with Crippen LogP contribution in [0.15, 0.2) is 22.5 Å². The van der Waals surface area contributed by atoms with Crippen LogP contribution in [0.5, 0.6) is 0 Å². The molecule has 3 rings (SSSR count). The number of carbonyl (C=O) groups excluding carboxylic acids is 2. The maximum absolute atomic E-state index is 12.2. The molecule has 0 radical (unpaired) electrons. The van der Waals surface area contributed by atoms with Gasteiger partial charge in [0, 0.05) is 31.1 Å². The molecule has 1 aliphatic heterocycles. The van der Waals surface area contributed by atoms with E-state index in [-0.39, 0.29) is 23.5 Å². The first kappa shape index (κ1) is 23.3. The normalized spacial score (nSPS) is 17.1. The number of nitrogens with two attached hydrogens (primary N) is 1. The molecule has 162 valence electrons. The highest BCUT2D eigenvalue weighted by atomic mass is 35.5. The Morgan fingerprint density at radius 2 is 2.20 bits per heavy atom. The SMILES string of the molecule is Cc1sc(SCC(=O)NC[C@H]2CN(Cc3ccc(Cl)c(Cl)c3)CCO2)nc1C(N)=O. The van der Waals surface area contributed by atoms with Gasteiger partial charge in [0.25, 0.3) is 5.91 Å². The van der Waals surface area contributed by atoms with Gasteiger partial charge in [0.1, 0.15) is 5.69 Å². The van der Waals surface area contributed by atoms with Crippen LogP contribution >= 0.6 is 46.3 Å². The van der Waals surface area contributed by atoms with Gasteiger partial charge in [-0.2, -0.15) is 0 Å². The van der Waals surface area contributed by atoms with E-state index in [0.29, 0.717) is 34.1 Å². The predicted molar refractivity (Wildman–Crippen MR) is 121 cm³/mol. The molecule has 1 aromatic carbocycles. The predicted octanol–water partition coefficient (Wildman–Crippen LogP) is 2.97. The van der Waals surface area contributed by atoms with Crippen LogP contribution in [-0.4, -0.2) is 59.8 Å². The number of nitrogens with one attached hydrogen (secondary N) is 1. The molecule has 30 heavy (non-hydrogen) atoms. The summed E-state index contributed by atoms with van der Waals surface area (Å²) >= 11 is 14.7. The van der Waals surface area contributed by atoms with E-state index in [9.17, 15) is 9.59 Å². The lowest BCUT2D eigenvalue weighted by Gasteiger charge is -2.33. The lowest BCUT2D eigenvalue weighted by molar-refractivity contribution is -0.119. The monoisotopic (exact) mass is 488 g/mol. The Hall–Kier alpha value is -1.36. The Kier molecular flexibility index (Phi) is 8.38. The fraction of sp³-hybridized carbons (Fsp3) is 0.421. The van der Waals surface area contributed by atoms with Gasteiger partial charge < -0.3 is 15.8 Å². The van der Waals surface area contributed by atoms with E-state index in [1.165, 1.54) is 23.1 Å². The first-order valence-corrected chi connectivity index (χ1v) is 11.8. The summed E-state index contributed by atoms with van der Waals surface area (Å²) in [6.45, 7) is 5.08. The molecule has 3 N–H and O–H groups in total. The molecule has 2 heterocycles. The van der Waals surface area contributed by atoms with Crippen LogP contribution < -0.4 is 11.1 Å². The van der Waals surface area contributed by atoms with Crippen LogP contribution in [0.1, 0.15) is 20.9 Å². The summed E-state index contributed by atoms with van der Waals surface area (Å²) in [5.41, 5.74) is 6.62. The number of carbonyl (C=O) groups is 2. The molecule has 0 aliphatic carbocycles. The third-order valence-corrected chi connectivity index (χ3v) is 7.33. The summed E-state index contributed by atoms with van der Waals surface area (Å²) in [7, 11) is 0. The van der Waals surface area contributed by atoms with Gasteiger partial charge in [-0.1, -0.05) is 41.0 Å². The number of halogens is 2. The molecule has 0 spiro atoms. The zero-order valence-corrected chi connectivity index (χ0v) is 19.5. The summed E-state index contributed by atoms with van der Waals surface area (Å²) in [6, 6.07) is 5.63. The number of benzene rings is 1. The molecular formula is C19H22Cl2N4O3S2. The second-order valence-electron chi connectivity index (χ2n) is 6.82. The lowest BCUT2D eigenvalue weighted by atomic mass is 10.2. The number of thiazole rings is 1. The van der Waals surface area contributed by atoms with Crippen molar-refractivity contribution in [1.82, 2.24) is 15.2 Å². The van der Waals surface area contributed by atoms with Crippen molar-refractivity contribution in [3.63, 3.8) is 0 Å². The summed E-state index contributed by atoms with van der Waals surface area (Å²) in [6.07, 6.45) is -0.0842. The van der Waals surface area contributed by atoms with Crippen LogP contribution in [0, 0.1) is 6.92 Å². The Bertz CT molecular complexity index is 925. The van der Waals surface area contributed by atoms with E-state index in [1.807, 2.05) is 12.1 Å². The van der Waals surface area contributed by atoms with Gasteiger partial charge in [-0.3, -0.25) is 14.5 Å². The highest BCUT2D eigenvalue weighted by molar-refractivity contribution is 8.01. The maximum Gasteiger partial charge on any atom is 0.268 e. The quantitative estimate of drug-likeness (QED) is 0.554. The van der Waals surface area contributed by atoms with Crippen molar-refractivity contribution in [3.05, 3.63) is 44.4 Å². The van der Waals surface area contributed by atoms with E-state index in [0.717, 1.165) is 23.5 Å². The molecular weight excluding hydrogens is 467 g/mol.